The molecule has 9 heteroatoms. The quantitative estimate of drug-likeness (QED) is 0.440. The van der Waals surface area contributed by atoms with Gasteiger partial charge in [0.2, 0.25) is 0 Å². The van der Waals surface area contributed by atoms with E-state index in [0.29, 0.717) is 0 Å². The van der Waals surface area contributed by atoms with Crippen molar-refractivity contribution >= 4 is 29.8 Å². The SMILES string of the molecule is O=S(=O)(O)[Se]S(=O)(=O)O. The van der Waals surface area contributed by atoms with Crippen LogP contribution >= 0.6 is 0 Å². The molecule has 2 N–H and O–H groups in total. The first-order chi connectivity index (χ1) is 3.71. The molecule has 0 bridgehead atoms. The molecule has 0 aliphatic rings. The van der Waals surface area contributed by atoms with Gasteiger partial charge in [0.25, 0.3) is 0 Å². The third kappa shape index (κ3) is 8.34. The Labute approximate surface area is 56.0 Å². The molecular weight excluding hydrogens is 239 g/mol. The van der Waals surface area contributed by atoms with Crippen molar-refractivity contribution in [2.24, 2.45) is 0 Å². The Balaban J connectivity index is 4.46. The summed E-state index contributed by atoms with van der Waals surface area (Å²) >= 11 is -2.19. The first kappa shape index (κ1) is 9.34. The first-order valence-corrected chi connectivity index (χ1v) is 8.29. The van der Waals surface area contributed by atoms with Gasteiger partial charge in [0.1, 0.15) is 0 Å². The van der Waals surface area contributed by atoms with Gasteiger partial charge >= 0.3 is 55.7 Å². The van der Waals surface area contributed by atoms with Crippen LogP contribution in [0.4, 0.5) is 0 Å². The average Bonchev–Trinajstić information content (AvgIpc) is 1.14. The zero-order valence-electron chi connectivity index (χ0n) is 3.75. The van der Waals surface area contributed by atoms with Crippen LogP contribution in [0.15, 0.2) is 0 Å². The predicted octanol–water partition coefficient (Wildman–Crippen LogP) is -1.70. The van der Waals surface area contributed by atoms with Crippen LogP contribution in [0.25, 0.3) is 0 Å². The molecule has 0 aromatic rings. The maximum absolute atomic E-state index is 9.69. The molecule has 6 nitrogen and oxygen atoms in total. The van der Waals surface area contributed by atoms with Crippen molar-refractivity contribution in [1.29, 1.82) is 0 Å². The average molecular weight is 241 g/mol. The van der Waals surface area contributed by atoms with E-state index in [0.717, 1.165) is 0 Å². The Morgan fingerprint density at radius 2 is 1.11 bits per heavy atom. The predicted molar refractivity (Wildman–Crippen MR) is 28.9 cm³/mol. The van der Waals surface area contributed by atoms with Crippen LogP contribution in [0.5, 0.6) is 0 Å². The summed E-state index contributed by atoms with van der Waals surface area (Å²) in [4.78, 5) is 0. The van der Waals surface area contributed by atoms with E-state index in [9.17, 15) is 16.8 Å². The van der Waals surface area contributed by atoms with Gasteiger partial charge in [-0.25, -0.2) is 0 Å². The van der Waals surface area contributed by atoms with E-state index < -0.39 is 29.8 Å². The summed E-state index contributed by atoms with van der Waals surface area (Å²) in [6.45, 7) is 0. The van der Waals surface area contributed by atoms with Gasteiger partial charge in [0.05, 0.1) is 0 Å². The standard InChI is InChI=1S/H2O6S2Se/c1-7(2,3)9-8(4,5)6/h(H,1,2,3)(H,4,5,6). The molecule has 0 rings (SSSR count). The van der Waals surface area contributed by atoms with Crippen LogP contribution in [-0.2, 0) is 17.1 Å². The summed E-state index contributed by atoms with van der Waals surface area (Å²) in [6, 6.07) is 0. The topological polar surface area (TPSA) is 109 Å². The van der Waals surface area contributed by atoms with E-state index >= 15 is 0 Å². The van der Waals surface area contributed by atoms with Gasteiger partial charge in [0.15, 0.2) is 0 Å². The van der Waals surface area contributed by atoms with Crippen molar-refractivity contribution in [1.82, 2.24) is 0 Å². The van der Waals surface area contributed by atoms with Crippen LogP contribution in [0, 0.1) is 0 Å². The second-order valence-electron chi connectivity index (χ2n) is 0.924. The summed E-state index contributed by atoms with van der Waals surface area (Å²) in [7, 11) is -9.11. The fourth-order valence-corrected chi connectivity index (χ4v) is 5.08. The maximum atomic E-state index is 9.69. The van der Waals surface area contributed by atoms with E-state index in [2.05, 4.69) is 0 Å². The van der Waals surface area contributed by atoms with Crippen molar-refractivity contribution in [3.63, 3.8) is 0 Å². The fourth-order valence-electron chi connectivity index (χ4n) is 0.109. The van der Waals surface area contributed by atoms with Gasteiger partial charge in [-0.3, -0.25) is 0 Å². The van der Waals surface area contributed by atoms with Gasteiger partial charge in [0, 0.05) is 0 Å². The van der Waals surface area contributed by atoms with Gasteiger partial charge in [-0.2, -0.15) is 0 Å². The summed E-state index contributed by atoms with van der Waals surface area (Å²) < 4.78 is 54.4. The first-order valence-electron chi connectivity index (χ1n) is 1.37. The Hall–Kier alpha value is 0.339. The minimum atomic E-state index is -4.56. The second kappa shape index (κ2) is 2.52. The van der Waals surface area contributed by atoms with Gasteiger partial charge < -0.3 is 0 Å². The summed E-state index contributed by atoms with van der Waals surface area (Å²) in [5.74, 6) is 0. The second-order valence-corrected chi connectivity index (χ2v) is 11.1. The summed E-state index contributed by atoms with van der Waals surface area (Å²) in [5.41, 5.74) is 0. The molecule has 0 fully saturated rings. The van der Waals surface area contributed by atoms with E-state index in [4.69, 9.17) is 9.11 Å². The summed E-state index contributed by atoms with van der Waals surface area (Å²) in [6.07, 6.45) is 0. The van der Waals surface area contributed by atoms with E-state index in [1.165, 1.54) is 0 Å². The van der Waals surface area contributed by atoms with Crippen molar-refractivity contribution in [2.45, 2.75) is 0 Å². The number of hydrogen-bond donors (Lipinski definition) is 2. The van der Waals surface area contributed by atoms with Gasteiger partial charge in [-0.05, 0) is 0 Å². The molecule has 0 aliphatic heterocycles. The van der Waals surface area contributed by atoms with Crippen LogP contribution < -0.4 is 0 Å². The third-order valence-electron chi connectivity index (χ3n) is 0.172. The zero-order chi connectivity index (χ0) is 7.71. The van der Waals surface area contributed by atoms with E-state index in [-0.39, 0.29) is 0 Å². The molecule has 0 heterocycles. The molecule has 0 aliphatic carbocycles. The molecule has 0 aromatic carbocycles. The molecule has 0 saturated carbocycles. The molecule has 0 amide bonds. The number of rotatable bonds is 2. The van der Waals surface area contributed by atoms with Gasteiger partial charge in [-0.1, -0.05) is 0 Å². The molecule has 0 radical (unpaired) electrons. The normalized spacial score (nSPS) is 13.6. The van der Waals surface area contributed by atoms with E-state index in [1.807, 2.05) is 0 Å². The zero-order valence-corrected chi connectivity index (χ0v) is 7.10. The third-order valence-corrected chi connectivity index (χ3v) is 8.04. The molecular formula is H2O6S2Se. The monoisotopic (exact) mass is 242 g/mol. The molecule has 0 spiro atoms. The van der Waals surface area contributed by atoms with Crippen LogP contribution in [0.3, 0.4) is 0 Å². The molecule has 0 atom stereocenters. The number of hydrogen-bond acceptors (Lipinski definition) is 4. The molecule has 0 unspecified atom stereocenters. The van der Waals surface area contributed by atoms with Crippen molar-refractivity contribution < 1.29 is 25.9 Å². The minimum absolute atomic E-state index is 2.19. The Morgan fingerprint density at radius 3 is 1.11 bits per heavy atom. The molecule has 0 aromatic heterocycles. The molecule has 56 valence electrons. The van der Waals surface area contributed by atoms with Crippen molar-refractivity contribution in [3.05, 3.63) is 0 Å². The van der Waals surface area contributed by atoms with Crippen molar-refractivity contribution in [3.8, 4) is 0 Å². The Morgan fingerprint density at radius 1 is 0.889 bits per heavy atom. The van der Waals surface area contributed by atoms with Gasteiger partial charge in [-0.15, -0.1) is 0 Å². The summed E-state index contributed by atoms with van der Waals surface area (Å²) in [5, 5.41) is 0. The van der Waals surface area contributed by atoms with Crippen LogP contribution in [0.1, 0.15) is 0 Å². The Kier molecular flexibility index (Phi) is 2.62. The van der Waals surface area contributed by atoms with Crippen LogP contribution in [-0.4, -0.2) is 38.7 Å². The van der Waals surface area contributed by atoms with Crippen LogP contribution in [0.2, 0.25) is 0 Å². The van der Waals surface area contributed by atoms with Crippen molar-refractivity contribution in [2.75, 3.05) is 0 Å². The fraction of sp³-hybridized carbons (Fsp3) is 0. The molecule has 9 heavy (non-hydrogen) atoms. The molecule has 0 saturated heterocycles. The van der Waals surface area contributed by atoms with E-state index in [1.54, 1.807) is 0 Å². The Bertz CT molecular complexity index is 236.